The Kier molecular flexibility index (Phi) is 2.88. The summed E-state index contributed by atoms with van der Waals surface area (Å²) in [6, 6.07) is 8.29. The smallest absolute Gasteiger partial charge is 0.322 e. The Morgan fingerprint density at radius 3 is 2.57 bits per heavy atom. The van der Waals surface area contributed by atoms with E-state index < -0.39 is 22.6 Å². The van der Waals surface area contributed by atoms with Gasteiger partial charge in [-0.1, -0.05) is 23.7 Å². The molecule has 106 valence electrons. The van der Waals surface area contributed by atoms with Crippen molar-refractivity contribution in [2.45, 2.75) is 6.18 Å². The SMILES string of the molecule is N#Cc1c(C(F)(F)F)nn(-c2nc3ccccc3[nH]2)c1Cl. The van der Waals surface area contributed by atoms with Crippen LogP contribution in [-0.2, 0) is 6.18 Å². The molecule has 0 spiro atoms. The molecule has 0 atom stereocenters. The van der Waals surface area contributed by atoms with Crippen molar-refractivity contribution in [3.05, 3.63) is 40.7 Å². The summed E-state index contributed by atoms with van der Waals surface area (Å²) in [7, 11) is 0. The third-order valence-electron chi connectivity index (χ3n) is 2.79. The molecule has 0 saturated heterocycles. The third-order valence-corrected chi connectivity index (χ3v) is 3.14. The lowest BCUT2D eigenvalue weighted by Crippen LogP contribution is -2.09. The molecule has 2 heterocycles. The molecule has 1 aromatic carbocycles. The van der Waals surface area contributed by atoms with E-state index in [2.05, 4.69) is 15.1 Å². The van der Waals surface area contributed by atoms with Gasteiger partial charge in [-0.2, -0.15) is 28.2 Å². The number of hydrogen-bond acceptors (Lipinski definition) is 3. The Balaban J connectivity index is 2.23. The summed E-state index contributed by atoms with van der Waals surface area (Å²) in [5.74, 6) is 0.00759. The van der Waals surface area contributed by atoms with Crippen molar-refractivity contribution in [1.82, 2.24) is 19.7 Å². The van der Waals surface area contributed by atoms with Gasteiger partial charge in [-0.3, -0.25) is 0 Å². The summed E-state index contributed by atoms with van der Waals surface area (Å²) in [5.41, 5.74) is -0.905. The zero-order valence-corrected chi connectivity index (χ0v) is 10.9. The molecule has 0 fully saturated rings. The largest absolute Gasteiger partial charge is 0.436 e. The van der Waals surface area contributed by atoms with E-state index in [1.165, 1.54) is 6.07 Å². The monoisotopic (exact) mass is 311 g/mol. The van der Waals surface area contributed by atoms with E-state index in [0.29, 0.717) is 11.0 Å². The zero-order chi connectivity index (χ0) is 15.2. The number of rotatable bonds is 1. The van der Waals surface area contributed by atoms with Crippen molar-refractivity contribution in [1.29, 1.82) is 5.26 Å². The normalized spacial score (nSPS) is 11.8. The summed E-state index contributed by atoms with van der Waals surface area (Å²) in [6.45, 7) is 0. The van der Waals surface area contributed by atoms with Crippen LogP contribution < -0.4 is 0 Å². The van der Waals surface area contributed by atoms with E-state index in [-0.39, 0.29) is 5.95 Å². The second-order valence-electron chi connectivity index (χ2n) is 4.11. The van der Waals surface area contributed by atoms with Gasteiger partial charge in [-0.25, -0.2) is 4.98 Å². The Morgan fingerprint density at radius 1 is 1.29 bits per heavy atom. The number of benzene rings is 1. The summed E-state index contributed by atoms with van der Waals surface area (Å²) in [5, 5.41) is 11.8. The Morgan fingerprint density at radius 2 is 2.00 bits per heavy atom. The Hall–Kier alpha value is -2.53. The van der Waals surface area contributed by atoms with Crippen molar-refractivity contribution in [3.63, 3.8) is 0 Å². The molecular weight excluding hydrogens is 307 g/mol. The Labute approximate surface area is 120 Å². The topological polar surface area (TPSA) is 70.3 Å². The van der Waals surface area contributed by atoms with Gasteiger partial charge >= 0.3 is 6.18 Å². The van der Waals surface area contributed by atoms with Gasteiger partial charge < -0.3 is 4.98 Å². The van der Waals surface area contributed by atoms with Gasteiger partial charge in [0.25, 0.3) is 0 Å². The number of imidazole rings is 1. The second-order valence-corrected chi connectivity index (χ2v) is 4.47. The number of nitrogens with one attached hydrogen (secondary N) is 1. The highest BCUT2D eigenvalue weighted by molar-refractivity contribution is 6.31. The number of alkyl halides is 3. The predicted molar refractivity (Wildman–Crippen MR) is 67.9 cm³/mol. The molecule has 0 unspecified atom stereocenters. The molecular formula is C12H5ClF3N5. The fourth-order valence-electron chi connectivity index (χ4n) is 1.87. The van der Waals surface area contributed by atoms with Crippen LogP contribution in [0.15, 0.2) is 24.3 Å². The average Bonchev–Trinajstić information content (AvgIpc) is 2.98. The van der Waals surface area contributed by atoms with Crippen LogP contribution in [-0.4, -0.2) is 19.7 Å². The molecule has 0 aliphatic carbocycles. The summed E-state index contributed by atoms with van der Waals surface area (Å²) < 4.78 is 39.3. The van der Waals surface area contributed by atoms with Gasteiger partial charge in [-0.05, 0) is 12.1 Å². The zero-order valence-electron chi connectivity index (χ0n) is 10.1. The maximum atomic E-state index is 12.8. The van der Waals surface area contributed by atoms with E-state index in [0.717, 1.165) is 4.68 Å². The van der Waals surface area contributed by atoms with Crippen LogP contribution in [0.1, 0.15) is 11.3 Å². The van der Waals surface area contributed by atoms with E-state index in [9.17, 15) is 13.2 Å². The molecule has 0 saturated carbocycles. The van der Waals surface area contributed by atoms with Crippen LogP contribution in [0.3, 0.4) is 0 Å². The lowest BCUT2D eigenvalue weighted by molar-refractivity contribution is -0.141. The van der Waals surface area contributed by atoms with E-state index in [1.807, 2.05) is 0 Å². The van der Waals surface area contributed by atoms with Gasteiger partial charge in [0, 0.05) is 0 Å². The maximum Gasteiger partial charge on any atom is 0.436 e. The number of aromatic nitrogens is 4. The molecule has 5 nitrogen and oxygen atoms in total. The fraction of sp³-hybridized carbons (Fsp3) is 0.0833. The minimum absolute atomic E-state index is 0.00759. The highest BCUT2D eigenvalue weighted by atomic mass is 35.5. The lowest BCUT2D eigenvalue weighted by atomic mass is 10.2. The number of hydrogen-bond donors (Lipinski definition) is 1. The molecule has 3 rings (SSSR count). The van der Waals surface area contributed by atoms with Gasteiger partial charge in [0.2, 0.25) is 5.95 Å². The fourth-order valence-corrected chi connectivity index (χ4v) is 2.12. The highest BCUT2D eigenvalue weighted by Gasteiger charge is 2.39. The quantitative estimate of drug-likeness (QED) is 0.749. The van der Waals surface area contributed by atoms with Crippen LogP contribution >= 0.6 is 11.6 Å². The number of fused-ring (bicyclic) bond motifs is 1. The number of aromatic amines is 1. The van der Waals surface area contributed by atoms with Crippen LogP contribution in [0.4, 0.5) is 13.2 Å². The van der Waals surface area contributed by atoms with Crippen LogP contribution in [0.2, 0.25) is 5.15 Å². The number of nitriles is 1. The van der Waals surface area contributed by atoms with Crippen molar-refractivity contribution < 1.29 is 13.2 Å². The molecule has 3 aromatic rings. The number of nitrogens with zero attached hydrogens (tertiary/aromatic N) is 4. The predicted octanol–water partition coefficient (Wildman–Crippen LogP) is 3.29. The Bertz CT molecular complexity index is 838. The van der Waals surface area contributed by atoms with Crippen molar-refractivity contribution in [2.24, 2.45) is 0 Å². The first kappa shape index (κ1) is 13.5. The molecule has 0 aliphatic rings. The first-order valence-corrected chi connectivity index (χ1v) is 6.00. The number of H-pyrrole nitrogens is 1. The van der Waals surface area contributed by atoms with Crippen molar-refractivity contribution in [2.75, 3.05) is 0 Å². The number of para-hydroxylation sites is 2. The van der Waals surface area contributed by atoms with Gasteiger partial charge in [0.05, 0.1) is 11.0 Å². The molecule has 0 bridgehead atoms. The summed E-state index contributed by atoms with van der Waals surface area (Å²) in [6.07, 6.45) is -4.77. The average molecular weight is 312 g/mol. The highest BCUT2D eigenvalue weighted by Crippen LogP contribution is 2.34. The molecule has 0 radical (unpaired) electrons. The minimum atomic E-state index is -4.77. The molecule has 21 heavy (non-hydrogen) atoms. The first-order chi connectivity index (χ1) is 9.91. The number of halogens is 4. The van der Waals surface area contributed by atoms with Gasteiger partial charge in [-0.15, -0.1) is 0 Å². The van der Waals surface area contributed by atoms with Gasteiger partial charge in [0.15, 0.2) is 10.8 Å². The lowest BCUT2D eigenvalue weighted by Gasteiger charge is -2.00. The third kappa shape index (κ3) is 2.11. The van der Waals surface area contributed by atoms with Crippen LogP contribution in [0.25, 0.3) is 17.0 Å². The standard InChI is InChI=1S/C12H5ClF3N5/c13-10-6(5-17)9(12(14,15)16)20-21(10)11-18-7-3-1-2-4-8(7)19-11/h1-4H,(H,18,19). The van der Waals surface area contributed by atoms with Crippen molar-refractivity contribution in [3.8, 4) is 12.0 Å². The van der Waals surface area contributed by atoms with Gasteiger partial charge in [0.1, 0.15) is 11.6 Å². The van der Waals surface area contributed by atoms with Crippen molar-refractivity contribution >= 4 is 22.6 Å². The molecule has 9 heteroatoms. The van der Waals surface area contributed by atoms with E-state index in [1.54, 1.807) is 24.3 Å². The molecule has 1 N–H and O–H groups in total. The summed E-state index contributed by atoms with van der Waals surface area (Å²) >= 11 is 5.82. The minimum Gasteiger partial charge on any atom is -0.322 e. The molecule has 2 aromatic heterocycles. The van der Waals surface area contributed by atoms with E-state index in [4.69, 9.17) is 16.9 Å². The molecule has 0 amide bonds. The summed E-state index contributed by atoms with van der Waals surface area (Å²) in [4.78, 5) is 6.90. The van der Waals surface area contributed by atoms with E-state index >= 15 is 0 Å². The second kappa shape index (κ2) is 4.49. The first-order valence-electron chi connectivity index (χ1n) is 5.62. The van der Waals surface area contributed by atoms with Crippen LogP contribution in [0.5, 0.6) is 0 Å². The maximum absolute atomic E-state index is 12.8. The molecule has 0 aliphatic heterocycles. The van der Waals surface area contributed by atoms with Crippen LogP contribution in [0, 0.1) is 11.3 Å².